The zero-order valence-corrected chi connectivity index (χ0v) is 11.8. The number of rotatable bonds is 4. The predicted octanol–water partition coefficient (Wildman–Crippen LogP) is -2.39. The Kier molecular flexibility index (Phi) is 9.82. The molecule has 1 rings (SSSR count). The molecule has 0 saturated carbocycles. The maximum absolute atomic E-state index is 5.64. The van der Waals surface area contributed by atoms with Crippen molar-refractivity contribution in [3.8, 4) is 0 Å². The molecule has 1 aliphatic rings. The van der Waals surface area contributed by atoms with Crippen LogP contribution in [-0.2, 0) is 4.74 Å². The first-order valence-electron chi connectivity index (χ1n) is 4.70. The molecule has 0 bridgehead atoms. The Bertz CT molecular complexity index is 116. The van der Waals surface area contributed by atoms with Gasteiger partial charge in [0.25, 0.3) is 0 Å². The van der Waals surface area contributed by atoms with Gasteiger partial charge in [0.05, 0.1) is 6.10 Å². The normalized spacial score (nSPS) is 19.8. The summed E-state index contributed by atoms with van der Waals surface area (Å²) in [5, 5.41) is 0. The second-order valence-electron chi connectivity index (χ2n) is 3.33. The van der Waals surface area contributed by atoms with E-state index in [1.807, 2.05) is 0 Å². The summed E-state index contributed by atoms with van der Waals surface area (Å²) >= 11 is 0. The Labute approximate surface area is 124 Å². The van der Waals surface area contributed by atoms with Gasteiger partial charge in [0, 0.05) is 6.61 Å². The van der Waals surface area contributed by atoms with Gasteiger partial charge in [0.1, 0.15) is 0 Å². The molecule has 1 heterocycles. The Morgan fingerprint density at radius 1 is 1.38 bits per heavy atom. The van der Waals surface area contributed by atoms with Crippen LogP contribution in [0.1, 0.15) is 19.3 Å². The van der Waals surface area contributed by atoms with Crippen molar-refractivity contribution >= 4 is 0 Å². The van der Waals surface area contributed by atoms with Crippen LogP contribution in [0.25, 0.3) is 0 Å². The zero-order chi connectivity index (χ0) is 8.81. The number of ether oxygens (including phenoxy) is 1. The third-order valence-electron chi connectivity index (χ3n) is 2.24. The van der Waals surface area contributed by atoms with E-state index in [0.717, 1.165) is 45.5 Å². The van der Waals surface area contributed by atoms with Crippen molar-refractivity contribution < 1.29 is 56.1 Å². The zero-order valence-electron chi connectivity index (χ0n) is 8.67. The summed E-state index contributed by atoms with van der Waals surface area (Å²) in [7, 11) is 3.89. The van der Waals surface area contributed by atoms with Gasteiger partial charge in [0.15, 0.2) is 0 Å². The van der Waals surface area contributed by atoms with Gasteiger partial charge in [-0.25, -0.2) is 0 Å². The van der Waals surface area contributed by atoms with Gasteiger partial charge in [-0.1, -0.05) is 0 Å². The molecule has 13 heavy (non-hydrogen) atoms. The largest absolute Gasteiger partial charge is 1.00 e. The number of piperidine rings is 1. The minimum Gasteiger partial charge on any atom is -0.459 e. The van der Waals surface area contributed by atoms with Gasteiger partial charge in [-0.3, -0.25) is 7.05 Å². The smallest absolute Gasteiger partial charge is 0.459 e. The van der Waals surface area contributed by atoms with E-state index in [2.05, 4.69) is 11.9 Å². The van der Waals surface area contributed by atoms with Crippen LogP contribution in [0.4, 0.5) is 0 Å². The first-order valence-corrected chi connectivity index (χ1v) is 4.70. The molecule has 0 radical (unpaired) electrons. The van der Waals surface area contributed by atoms with Crippen molar-refractivity contribution in [3.63, 3.8) is 0 Å². The van der Waals surface area contributed by atoms with Crippen molar-refractivity contribution in [3.05, 3.63) is 7.05 Å². The standard InChI is InChI=1S/C9H19N2O.K/c1-11-6-3-9(4-7-11)12-8-2-5-10;/h9H,1-8,10H2;/q-1;+1. The van der Waals surface area contributed by atoms with Crippen LogP contribution < -0.4 is 57.1 Å². The summed E-state index contributed by atoms with van der Waals surface area (Å²) in [4.78, 5) is 2.10. The van der Waals surface area contributed by atoms with Gasteiger partial charge in [-0.15, -0.1) is 0 Å². The van der Waals surface area contributed by atoms with E-state index in [-0.39, 0.29) is 51.4 Å². The fourth-order valence-corrected chi connectivity index (χ4v) is 1.41. The van der Waals surface area contributed by atoms with Crippen LogP contribution in [0.2, 0.25) is 0 Å². The SMILES string of the molecule is [CH2-]N1CCC(OCCCN)CC1.[K+]. The average molecular weight is 210 g/mol. The van der Waals surface area contributed by atoms with Crippen LogP contribution >= 0.6 is 0 Å². The number of nitrogens with two attached hydrogens (primary N) is 1. The minimum atomic E-state index is 0. The minimum absolute atomic E-state index is 0. The van der Waals surface area contributed by atoms with E-state index in [1.165, 1.54) is 0 Å². The monoisotopic (exact) mass is 210 g/mol. The van der Waals surface area contributed by atoms with Crippen molar-refractivity contribution in [2.45, 2.75) is 25.4 Å². The fraction of sp³-hybridized carbons (Fsp3) is 0.889. The van der Waals surface area contributed by atoms with Gasteiger partial charge < -0.3 is 15.4 Å². The van der Waals surface area contributed by atoms with Crippen LogP contribution in [-0.4, -0.2) is 37.2 Å². The molecule has 2 N–H and O–H groups in total. The van der Waals surface area contributed by atoms with Crippen molar-refractivity contribution in [1.82, 2.24) is 4.90 Å². The van der Waals surface area contributed by atoms with Gasteiger partial charge >= 0.3 is 51.4 Å². The van der Waals surface area contributed by atoms with Crippen molar-refractivity contribution in [1.29, 1.82) is 0 Å². The fourth-order valence-electron chi connectivity index (χ4n) is 1.41. The third kappa shape index (κ3) is 6.57. The summed E-state index contributed by atoms with van der Waals surface area (Å²) in [5.74, 6) is 0. The number of hydrogen-bond donors (Lipinski definition) is 1. The molecule has 1 saturated heterocycles. The van der Waals surface area contributed by atoms with Gasteiger partial charge in [-0.2, -0.15) is 0 Å². The molecule has 1 aliphatic heterocycles. The molecule has 4 heteroatoms. The van der Waals surface area contributed by atoms with Gasteiger partial charge in [-0.05, 0) is 38.9 Å². The molecule has 0 amide bonds. The first kappa shape index (κ1) is 14.5. The number of likely N-dealkylation sites (tertiary alicyclic amines) is 1. The molecule has 0 atom stereocenters. The van der Waals surface area contributed by atoms with Crippen molar-refractivity contribution in [2.75, 3.05) is 26.2 Å². The summed E-state index contributed by atoms with van der Waals surface area (Å²) in [6.07, 6.45) is 3.67. The molecule has 0 aromatic rings. The summed E-state index contributed by atoms with van der Waals surface area (Å²) < 4.78 is 5.64. The number of hydrogen-bond acceptors (Lipinski definition) is 3. The van der Waals surface area contributed by atoms with Gasteiger partial charge in [0.2, 0.25) is 0 Å². The quantitative estimate of drug-likeness (QED) is 0.320. The maximum atomic E-state index is 5.64. The Morgan fingerprint density at radius 3 is 2.54 bits per heavy atom. The molecule has 0 unspecified atom stereocenters. The molecule has 3 nitrogen and oxygen atoms in total. The number of nitrogens with zero attached hydrogens (tertiary/aromatic N) is 1. The van der Waals surface area contributed by atoms with E-state index in [4.69, 9.17) is 10.5 Å². The molecule has 0 aromatic heterocycles. The van der Waals surface area contributed by atoms with Crippen LogP contribution in [0, 0.1) is 7.05 Å². The van der Waals surface area contributed by atoms with Crippen LogP contribution in [0.15, 0.2) is 0 Å². The molecule has 1 fully saturated rings. The molecule has 72 valence electrons. The molecule has 0 aromatic carbocycles. The molecular weight excluding hydrogens is 191 g/mol. The average Bonchev–Trinajstić information content (AvgIpc) is 2.09. The molecule has 0 aliphatic carbocycles. The third-order valence-corrected chi connectivity index (χ3v) is 2.24. The Morgan fingerprint density at radius 2 is 2.00 bits per heavy atom. The first-order chi connectivity index (χ1) is 5.83. The maximum Gasteiger partial charge on any atom is 1.00 e. The topological polar surface area (TPSA) is 38.5 Å². The van der Waals surface area contributed by atoms with E-state index in [9.17, 15) is 0 Å². The molecule has 0 spiro atoms. The van der Waals surface area contributed by atoms with E-state index in [1.54, 1.807) is 0 Å². The Balaban J connectivity index is 0.00000144. The molecular formula is C9H19KN2O. The summed E-state index contributed by atoms with van der Waals surface area (Å²) in [6, 6.07) is 0. The summed E-state index contributed by atoms with van der Waals surface area (Å²) in [5.41, 5.74) is 5.37. The van der Waals surface area contributed by atoms with Crippen LogP contribution in [0.3, 0.4) is 0 Å². The second-order valence-corrected chi connectivity index (χ2v) is 3.33. The summed E-state index contributed by atoms with van der Waals surface area (Å²) in [6.45, 7) is 3.67. The van der Waals surface area contributed by atoms with E-state index < -0.39 is 0 Å². The van der Waals surface area contributed by atoms with Crippen LogP contribution in [0.5, 0.6) is 0 Å². The second kappa shape index (κ2) is 8.80. The predicted molar refractivity (Wildman–Crippen MR) is 49.6 cm³/mol. The van der Waals surface area contributed by atoms with E-state index in [0.29, 0.717) is 6.10 Å². The Hall–Kier alpha value is 1.52. The van der Waals surface area contributed by atoms with Crippen molar-refractivity contribution in [2.24, 2.45) is 5.73 Å². The van der Waals surface area contributed by atoms with E-state index >= 15 is 0 Å².